The summed E-state index contributed by atoms with van der Waals surface area (Å²) in [6, 6.07) is 0. The van der Waals surface area contributed by atoms with Crippen LogP contribution in [-0.4, -0.2) is 16.5 Å². The van der Waals surface area contributed by atoms with Gasteiger partial charge in [0.05, 0.1) is 5.60 Å². The molecule has 0 aromatic heterocycles. The molecule has 0 heterocycles. The third kappa shape index (κ3) is 1.74. The van der Waals surface area contributed by atoms with E-state index in [4.69, 9.17) is 0 Å². The van der Waals surface area contributed by atoms with Gasteiger partial charge in [0.25, 0.3) is 0 Å². The van der Waals surface area contributed by atoms with Gasteiger partial charge in [-0.05, 0) is 86.0 Å². The van der Waals surface area contributed by atoms with Crippen molar-refractivity contribution in [2.24, 2.45) is 34.5 Å². The molecule has 7 atom stereocenters. The Bertz CT molecular complexity index is 534. The number of fused-ring (bicyclic) bond motifs is 5. The van der Waals surface area contributed by atoms with Crippen LogP contribution in [0.4, 0.5) is 0 Å². The summed E-state index contributed by atoms with van der Waals surface area (Å²) in [6.07, 6.45) is 11.9. The molecule has 122 valence electrons. The molecule has 0 bridgehead atoms. The lowest BCUT2D eigenvalue weighted by molar-refractivity contribution is -0.135. The topological polar surface area (TPSA) is 37.3 Å². The molecule has 2 nitrogen and oxygen atoms in total. The molecule has 2 heteroatoms. The maximum atomic E-state index is 11.8. The summed E-state index contributed by atoms with van der Waals surface area (Å²) < 4.78 is 0. The van der Waals surface area contributed by atoms with Crippen molar-refractivity contribution in [3.8, 4) is 0 Å². The highest BCUT2D eigenvalue weighted by molar-refractivity contribution is 5.91. The lowest BCUT2D eigenvalue weighted by Crippen LogP contribution is -2.55. The number of rotatable bonds is 0. The minimum Gasteiger partial charge on any atom is -0.390 e. The van der Waals surface area contributed by atoms with Gasteiger partial charge >= 0.3 is 0 Å². The van der Waals surface area contributed by atoms with E-state index in [2.05, 4.69) is 26.8 Å². The molecular formula is C20H30O2. The van der Waals surface area contributed by atoms with Crippen molar-refractivity contribution in [2.45, 2.75) is 71.3 Å². The van der Waals surface area contributed by atoms with Crippen LogP contribution in [0.1, 0.15) is 65.7 Å². The zero-order valence-corrected chi connectivity index (χ0v) is 14.3. The first kappa shape index (κ1) is 14.9. The first-order valence-corrected chi connectivity index (χ1v) is 9.22. The first-order valence-electron chi connectivity index (χ1n) is 9.22. The van der Waals surface area contributed by atoms with Crippen molar-refractivity contribution in [2.75, 3.05) is 0 Å². The summed E-state index contributed by atoms with van der Waals surface area (Å²) in [5, 5.41) is 10.9. The number of allylic oxidation sites excluding steroid dienone is 2. The van der Waals surface area contributed by atoms with Gasteiger partial charge in [-0.15, -0.1) is 0 Å². The standard InChI is InChI=1S/C20H30O2/c1-18-9-6-14(21)12-13(18)4-5-15-16(18)7-10-19(2)17(15)8-11-20(19,3)22/h6,9,13,15-17,22H,4-5,7-8,10-12H2,1-3H3/t13?,15?,16?,17?,18-,19-,20-/m0/s1. The number of hydrogen-bond acceptors (Lipinski definition) is 2. The highest BCUT2D eigenvalue weighted by Gasteiger charge is 2.62. The van der Waals surface area contributed by atoms with Crippen molar-refractivity contribution in [1.82, 2.24) is 0 Å². The number of aliphatic hydroxyl groups is 1. The Morgan fingerprint density at radius 1 is 1.05 bits per heavy atom. The molecule has 4 aliphatic rings. The molecule has 0 spiro atoms. The lowest BCUT2D eigenvalue weighted by atomic mass is 9.45. The molecule has 4 rings (SSSR count). The van der Waals surface area contributed by atoms with Crippen LogP contribution in [0.3, 0.4) is 0 Å². The number of ketones is 1. The van der Waals surface area contributed by atoms with Crippen LogP contribution in [0.25, 0.3) is 0 Å². The van der Waals surface area contributed by atoms with Crippen LogP contribution in [0.2, 0.25) is 0 Å². The summed E-state index contributed by atoms with van der Waals surface area (Å²) in [4.78, 5) is 11.8. The first-order chi connectivity index (χ1) is 10.3. The lowest BCUT2D eigenvalue weighted by Gasteiger charge is -2.59. The Balaban J connectivity index is 1.69. The second-order valence-electron chi connectivity index (χ2n) is 9.29. The average molecular weight is 302 g/mol. The molecule has 0 aromatic carbocycles. The fraction of sp³-hybridized carbons (Fsp3) is 0.850. The molecule has 0 aliphatic heterocycles. The van der Waals surface area contributed by atoms with E-state index in [1.807, 2.05) is 6.08 Å². The molecule has 0 radical (unpaired) electrons. The van der Waals surface area contributed by atoms with Crippen molar-refractivity contribution in [1.29, 1.82) is 0 Å². The normalized spacial score (nSPS) is 57.2. The van der Waals surface area contributed by atoms with E-state index in [0.717, 1.165) is 25.2 Å². The molecule has 3 fully saturated rings. The van der Waals surface area contributed by atoms with Crippen LogP contribution >= 0.6 is 0 Å². The zero-order valence-electron chi connectivity index (χ0n) is 14.3. The predicted molar refractivity (Wildman–Crippen MR) is 87.3 cm³/mol. The smallest absolute Gasteiger partial charge is 0.155 e. The minimum absolute atomic E-state index is 0.103. The number of hydrogen-bond donors (Lipinski definition) is 1. The highest BCUT2D eigenvalue weighted by atomic mass is 16.3. The SMILES string of the molecule is C[C@]12C=CC(=O)CC1CCC1C2CC[C@@]2(C)C1CC[C@]2(C)O. The summed E-state index contributed by atoms with van der Waals surface area (Å²) >= 11 is 0. The monoisotopic (exact) mass is 302 g/mol. The van der Waals surface area contributed by atoms with Gasteiger partial charge in [0.1, 0.15) is 0 Å². The van der Waals surface area contributed by atoms with Crippen molar-refractivity contribution < 1.29 is 9.90 Å². The van der Waals surface area contributed by atoms with E-state index >= 15 is 0 Å². The molecular weight excluding hydrogens is 272 g/mol. The van der Waals surface area contributed by atoms with E-state index in [-0.39, 0.29) is 10.8 Å². The molecule has 4 aliphatic carbocycles. The molecule has 4 unspecified atom stereocenters. The largest absolute Gasteiger partial charge is 0.390 e. The Labute approximate surface area is 134 Å². The van der Waals surface area contributed by atoms with Crippen LogP contribution in [0.5, 0.6) is 0 Å². The van der Waals surface area contributed by atoms with Gasteiger partial charge in [-0.3, -0.25) is 4.79 Å². The summed E-state index contributed by atoms with van der Waals surface area (Å²) in [5.41, 5.74) is -0.170. The fourth-order valence-electron chi connectivity index (χ4n) is 6.88. The van der Waals surface area contributed by atoms with Gasteiger partial charge in [0.15, 0.2) is 5.78 Å². The summed E-state index contributed by atoms with van der Waals surface area (Å²) in [6.45, 7) is 6.82. The van der Waals surface area contributed by atoms with Gasteiger partial charge in [-0.1, -0.05) is 19.9 Å². The molecule has 22 heavy (non-hydrogen) atoms. The third-order valence-electron chi connectivity index (χ3n) is 8.60. The number of carbonyl (C=O) groups is 1. The summed E-state index contributed by atoms with van der Waals surface area (Å²) in [5.74, 6) is 3.00. The van der Waals surface area contributed by atoms with Gasteiger partial charge < -0.3 is 5.11 Å². The van der Waals surface area contributed by atoms with Gasteiger partial charge in [-0.25, -0.2) is 0 Å². The Hall–Kier alpha value is -0.630. The Morgan fingerprint density at radius 3 is 2.55 bits per heavy atom. The van der Waals surface area contributed by atoms with E-state index in [9.17, 15) is 9.90 Å². The molecule has 0 amide bonds. The van der Waals surface area contributed by atoms with E-state index in [0.29, 0.717) is 23.5 Å². The van der Waals surface area contributed by atoms with Crippen molar-refractivity contribution in [3.63, 3.8) is 0 Å². The van der Waals surface area contributed by atoms with Crippen LogP contribution in [0, 0.1) is 34.5 Å². The molecule has 0 saturated heterocycles. The maximum absolute atomic E-state index is 11.8. The molecule has 1 N–H and O–H groups in total. The van der Waals surface area contributed by atoms with Crippen LogP contribution in [0.15, 0.2) is 12.2 Å². The maximum Gasteiger partial charge on any atom is 0.155 e. The van der Waals surface area contributed by atoms with Crippen LogP contribution < -0.4 is 0 Å². The highest BCUT2D eigenvalue weighted by Crippen LogP contribution is 2.67. The molecule has 0 aromatic rings. The van der Waals surface area contributed by atoms with Gasteiger partial charge in [0.2, 0.25) is 0 Å². The van der Waals surface area contributed by atoms with E-state index in [1.54, 1.807) is 0 Å². The third-order valence-corrected chi connectivity index (χ3v) is 8.60. The average Bonchev–Trinajstić information content (AvgIpc) is 2.70. The zero-order chi connectivity index (χ0) is 15.8. The second-order valence-corrected chi connectivity index (χ2v) is 9.29. The van der Waals surface area contributed by atoms with Crippen molar-refractivity contribution >= 4 is 5.78 Å². The molecule has 3 saturated carbocycles. The fourth-order valence-corrected chi connectivity index (χ4v) is 6.88. The van der Waals surface area contributed by atoms with Gasteiger partial charge in [-0.2, -0.15) is 0 Å². The van der Waals surface area contributed by atoms with E-state index in [1.165, 1.54) is 25.7 Å². The quantitative estimate of drug-likeness (QED) is 0.730. The number of carbonyl (C=O) groups excluding carboxylic acids is 1. The summed E-state index contributed by atoms with van der Waals surface area (Å²) in [7, 11) is 0. The van der Waals surface area contributed by atoms with E-state index < -0.39 is 5.60 Å². The Kier molecular flexibility index (Phi) is 3.03. The Morgan fingerprint density at radius 2 is 1.77 bits per heavy atom. The van der Waals surface area contributed by atoms with Crippen LogP contribution in [-0.2, 0) is 4.79 Å². The van der Waals surface area contributed by atoms with Gasteiger partial charge in [0, 0.05) is 6.42 Å². The van der Waals surface area contributed by atoms with Crippen molar-refractivity contribution in [3.05, 3.63) is 12.2 Å². The predicted octanol–water partition coefficient (Wildman–Crippen LogP) is 4.13. The minimum atomic E-state index is -0.487. The second kappa shape index (κ2) is 4.47.